The Labute approximate surface area is 85.2 Å². The first-order valence-corrected chi connectivity index (χ1v) is 4.21. The van der Waals surface area contributed by atoms with Gasteiger partial charge in [0, 0.05) is 25.6 Å². The van der Waals surface area contributed by atoms with Crippen LogP contribution in [0.5, 0.6) is 0 Å². The van der Waals surface area contributed by atoms with Gasteiger partial charge in [-0.25, -0.2) is 14.8 Å². The van der Waals surface area contributed by atoms with Crippen molar-refractivity contribution in [2.45, 2.75) is 0 Å². The number of aromatic carboxylic acids is 1. The van der Waals surface area contributed by atoms with Crippen molar-refractivity contribution in [3.63, 3.8) is 0 Å². The van der Waals surface area contributed by atoms with Crippen molar-refractivity contribution >= 4 is 5.97 Å². The van der Waals surface area contributed by atoms with Crippen LogP contribution in [-0.2, 0) is 7.05 Å². The third-order valence-corrected chi connectivity index (χ3v) is 1.86. The van der Waals surface area contributed by atoms with E-state index in [1.165, 1.54) is 12.4 Å². The lowest BCUT2D eigenvalue weighted by Gasteiger charge is -1.95. The van der Waals surface area contributed by atoms with E-state index in [1.54, 1.807) is 24.1 Å². The fourth-order valence-corrected chi connectivity index (χ4v) is 1.12. The van der Waals surface area contributed by atoms with Crippen LogP contribution in [0.4, 0.5) is 0 Å². The lowest BCUT2D eigenvalue weighted by molar-refractivity contribution is 0.0696. The Morgan fingerprint density at radius 3 is 2.47 bits per heavy atom. The second-order valence-electron chi connectivity index (χ2n) is 3.00. The molecule has 0 saturated heterocycles. The van der Waals surface area contributed by atoms with Crippen LogP contribution in [0.25, 0.3) is 11.4 Å². The van der Waals surface area contributed by atoms with Gasteiger partial charge in [0.1, 0.15) is 0 Å². The van der Waals surface area contributed by atoms with E-state index in [1.807, 2.05) is 0 Å². The summed E-state index contributed by atoms with van der Waals surface area (Å²) < 4.78 is 1.63. The Kier molecular flexibility index (Phi) is 2.17. The molecule has 6 nitrogen and oxygen atoms in total. The van der Waals surface area contributed by atoms with Gasteiger partial charge in [-0.15, -0.1) is 0 Å². The summed E-state index contributed by atoms with van der Waals surface area (Å²) in [4.78, 5) is 18.4. The summed E-state index contributed by atoms with van der Waals surface area (Å²) in [6, 6.07) is 0. The molecule has 0 bridgehead atoms. The average molecular weight is 204 g/mol. The Balaban J connectivity index is 2.35. The summed E-state index contributed by atoms with van der Waals surface area (Å²) in [5, 5.41) is 12.6. The molecule has 1 N–H and O–H groups in total. The molecule has 76 valence electrons. The van der Waals surface area contributed by atoms with Gasteiger partial charge in [0.25, 0.3) is 0 Å². The number of nitrogens with zero attached hydrogens (tertiary/aromatic N) is 4. The van der Waals surface area contributed by atoms with Crippen LogP contribution >= 0.6 is 0 Å². The lowest BCUT2D eigenvalue weighted by atomic mass is 10.3. The first-order chi connectivity index (χ1) is 7.16. The monoisotopic (exact) mass is 204 g/mol. The zero-order valence-electron chi connectivity index (χ0n) is 7.95. The highest BCUT2D eigenvalue weighted by molar-refractivity contribution is 5.86. The van der Waals surface area contributed by atoms with Crippen molar-refractivity contribution in [1.29, 1.82) is 0 Å². The normalized spacial score (nSPS) is 10.2. The molecule has 0 fully saturated rings. The molecular formula is C9H8N4O2. The van der Waals surface area contributed by atoms with Gasteiger partial charge < -0.3 is 5.11 Å². The molecule has 2 heterocycles. The summed E-state index contributed by atoms with van der Waals surface area (Å²) in [7, 11) is 1.79. The molecule has 2 rings (SSSR count). The Morgan fingerprint density at radius 2 is 2.00 bits per heavy atom. The average Bonchev–Trinajstić information content (AvgIpc) is 2.65. The maximum Gasteiger partial charge on any atom is 0.338 e. The number of hydrogen-bond acceptors (Lipinski definition) is 4. The molecule has 0 radical (unpaired) electrons. The molecule has 0 aliphatic carbocycles. The molecular weight excluding hydrogens is 196 g/mol. The lowest BCUT2D eigenvalue weighted by Crippen LogP contribution is -1.99. The molecule has 0 aliphatic heterocycles. The summed E-state index contributed by atoms with van der Waals surface area (Å²) >= 11 is 0. The third kappa shape index (κ3) is 1.83. The number of rotatable bonds is 2. The van der Waals surface area contributed by atoms with Crippen molar-refractivity contribution in [3.8, 4) is 11.4 Å². The van der Waals surface area contributed by atoms with E-state index in [2.05, 4.69) is 15.1 Å². The van der Waals surface area contributed by atoms with Crippen LogP contribution in [0.15, 0.2) is 24.8 Å². The Bertz CT molecular complexity index is 489. The van der Waals surface area contributed by atoms with Crippen molar-refractivity contribution in [1.82, 2.24) is 19.7 Å². The molecule has 0 aliphatic rings. The van der Waals surface area contributed by atoms with Crippen molar-refractivity contribution in [3.05, 3.63) is 30.4 Å². The molecule has 0 aromatic carbocycles. The number of carboxylic acid groups (broad SMARTS) is 1. The summed E-state index contributed by atoms with van der Waals surface area (Å²) in [6.45, 7) is 0. The largest absolute Gasteiger partial charge is 0.478 e. The fourth-order valence-electron chi connectivity index (χ4n) is 1.12. The molecule has 2 aromatic heterocycles. The second-order valence-corrected chi connectivity index (χ2v) is 3.00. The van der Waals surface area contributed by atoms with E-state index in [0.29, 0.717) is 5.82 Å². The van der Waals surface area contributed by atoms with E-state index in [9.17, 15) is 4.79 Å². The third-order valence-electron chi connectivity index (χ3n) is 1.86. The molecule has 0 unspecified atom stereocenters. The van der Waals surface area contributed by atoms with Gasteiger partial charge in [-0.3, -0.25) is 4.68 Å². The standard InChI is InChI=1S/C9H8N4O2/c1-13-5-7(4-12-13)8-10-2-6(3-11-8)9(14)15/h2-5H,1H3,(H,14,15). The maximum atomic E-state index is 10.6. The van der Waals surface area contributed by atoms with Gasteiger partial charge >= 0.3 is 5.97 Å². The number of aryl methyl sites for hydroxylation is 1. The molecule has 0 saturated carbocycles. The minimum atomic E-state index is -1.03. The zero-order chi connectivity index (χ0) is 10.8. The van der Waals surface area contributed by atoms with Crippen molar-refractivity contribution < 1.29 is 9.90 Å². The molecule has 0 amide bonds. The van der Waals surface area contributed by atoms with E-state index < -0.39 is 5.97 Å². The van der Waals surface area contributed by atoms with Crippen LogP contribution in [-0.4, -0.2) is 30.8 Å². The smallest absolute Gasteiger partial charge is 0.338 e. The van der Waals surface area contributed by atoms with Crippen LogP contribution in [0.2, 0.25) is 0 Å². The summed E-state index contributed by atoms with van der Waals surface area (Å²) in [5.74, 6) is -0.569. The molecule has 0 atom stereocenters. The highest BCUT2D eigenvalue weighted by Crippen LogP contribution is 2.12. The molecule has 0 spiro atoms. The van der Waals surface area contributed by atoms with Gasteiger partial charge in [0.2, 0.25) is 0 Å². The van der Waals surface area contributed by atoms with Gasteiger partial charge in [0.05, 0.1) is 17.3 Å². The fraction of sp³-hybridized carbons (Fsp3) is 0.111. The van der Waals surface area contributed by atoms with Gasteiger partial charge in [-0.1, -0.05) is 0 Å². The van der Waals surface area contributed by atoms with Crippen LogP contribution in [0.1, 0.15) is 10.4 Å². The van der Waals surface area contributed by atoms with E-state index in [-0.39, 0.29) is 5.56 Å². The topological polar surface area (TPSA) is 80.9 Å². The first kappa shape index (κ1) is 9.32. The van der Waals surface area contributed by atoms with E-state index in [4.69, 9.17) is 5.11 Å². The van der Waals surface area contributed by atoms with Gasteiger partial charge in [0.15, 0.2) is 5.82 Å². The summed E-state index contributed by atoms with van der Waals surface area (Å²) in [5.41, 5.74) is 0.831. The summed E-state index contributed by atoms with van der Waals surface area (Å²) in [6.07, 6.45) is 5.93. The number of aromatic nitrogens is 4. The van der Waals surface area contributed by atoms with E-state index in [0.717, 1.165) is 5.56 Å². The first-order valence-electron chi connectivity index (χ1n) is 4.21. The quantitative estimate of drug-likeness (QED) is 0.773. The number of carbonyl (C=O) groups is 1. The molecule has 2 aromatic rings. The molecule has 6 heteroatoms. The van der Waals surface area contributed by atoms with Crippen molar-refractivity contribution in [2.75, 3.05) is 0 Å². The van der Waals surface area contributed by atoms with Crippen molar-refractivity contribution in [2.24, 2.45) is 7.05 Å². The molecule has 15 heavy (non-hydrogen) atoms. The number of hydrogen-bond donors (Lipinski definition) is 1. The van der Waals surface area contributed by atoms with Crippen LogP contribution in [0.3, 0.4) is 0 Å². The maximum absolute atomic E-state index is 10.6. The number of carboxylic acids is 1. The Hall–Kier alpha value is -2.24. The highest BCUT2D eigenvalue weighted by atomic mass is 16.4. The zero-order valence-corrected chi connectivity index (χ0v) is 7.95. The van der Waals surface area contributed by atoms with Crippen LogP contribution < -0.4 is 0 Å². The van der Waals surface area contributed by atoms with Gasteiger partial charge in [-0.2, -0.15) is 5.10 Å². The minimum absolute atomic E-state index is 0.0719. The van der Waals surface area contributed by atoms with Gasteiger partial charge in [-0.05, 0) is 0 Å². The Morgan fingerprint density at radius 1 is 1.33 bits per heavy atom. The minimum Gasteiger partial charge on any atom is -0.478 e. The van der Waals surface area contributed by atoms with E-state index >= 15 is 0 Å². The predicted molar refractivity (Wildman–Crippen MR) is 51.2 cm³/mol. The van der Waals surface area contributed by atoms with Crippen LogP contribution in [0, 0.1) is 0 Å². The second kappa shape index (κ2) is 3.49. The SMILES string of the molecule is Cn1cc(-c2ncc(C(=O)O)cn2)cn1. The highest BCUT2D eigenvalue weighted by Gasteiger charge is 2.06. The predicted octanol–water partition coefficient (Wildman–Crippen LogP) is 0.575.